The van der Waals surface area contributed by atoms with Gasteiger partial charge in [-0.3, -0.25) is 9.36 Å². The Hall–Kier alpha value is -3.50. The van der Waals surface area contributed by atoms with Gasteiger partial charge in [-0.1, -0.05) is 51.5 Å². The number of hydrogen-bond donors (Lipinski definition) is 1. The van der Waals surface area contributed by atoms with E-state index in [0.29, 0.717) is 26.4 Å². The van der Waals surface area contributed by atoms with Crippen molar-refractivity contribution in [2.24, 2.45) is 4.99 Å². The van der Waals surface area contributed by atoms with Crippen molar-refractivity contribution in [3.8, 4) is 5.75 Å². The molecule has 1 atom stereocenters. The third-order valence-corrected chi connectivity index (χ3v) is 6.82. The minimum atomic E-state index is -1.06. The fourth-order valence-electron chi connectivity index (χ4n) is 3.78. The molecule has 3 aromatic rings. The van der Waals surface area contributed by atoms with Crippen LogP contribution in [0.3, 0.4) is 0 Å². The lowest BCUT2D eigenvalue weighted by molar-refractivity contribution is -0.143. The molecule has 0 saturated carbocycles. The van der Waals surface area contributed by atoms with E-state index in [2.05, 4.69) is 20.9 Å². The molecule has 4 rings (SSSR count). The van der Waals surface area contributed by atoms with E-state index < -0.39 is 24.6 Å². The molecule has 0 saturated heterocycles. The number of thiazole rings is 1. The molecule has 0 fully saturated rings. The monoisotopic (exact) mass is 570 g/mol. The maximum atomic E-state index is 13.6. The number of benzene rings is 2. The lowest BCUT2D eigenvalue weighted by Gasteiger charge is -2.25. The average molecular weight is 571 g/mol. The standard InChI is InChI=1S/C26H23BrN2O6S/c1-14(2)35-25(33)22-15(3)28-26-29(23(22)17-6-8-18(27)9-7-17)24(32)20(36-26)12-16-4-10-19(11-5-16)34-13-21(30)31/h4-12,14,23H,13H2,1-3H3,(H,30,31)/b20-12-. The third-order valence-electron chi connectivity index (χ3n) is 5.31. The lowest BCUT2D eigenvalue weighted by Crippen LogP contribution is -2.40. The first-order valence-electron chi connectivity index (χ1n) is 11.1. The highest BCUT2D eigenvalue weighted by Crippen LogP contribution is 2.31. The Bertz CT molecular complexity index is 1520. The van der Waals surface area contributed by atoms with E-state index >= 15 is 0 Å². The molecule has 0 radical (unpaired) electrons. The van der Waals surface area contributed by atoms with Gasteiger partial charge in [-0.25, -0.2) is 14.6 Å². The summed E-state index contributed by atoms with van der Waals surface area (Å²) in [6.07, 6.45) is 1.41. The van der Waals surface area contributed by atoms with Crippen LogP contribution in [0.5, 0.6) is 5.75 Å². The second kappa shape index (κ2) is 10.6. The number of nitrogens with zero attached hydrogens (tertiary/aromatic N) is 2. The van der Waals surface area contributed by atoms with E-state index in [4.69, 9.17) is 14.6 Å². The van der Waals surface area contributed by atoms with Gasteiger partial charge >= 0.3 is 11.9 Å². The number of fused-ring (bicyclic) bond motifs is 1. The lowest BCUT2D eigenvalue weighted by atomic mass is 9.96. The minimum absolute atomic E-state index is 0.278. The van der Waals surface area contributed by atoms with Crippen LogP contribution in [0.25, 0.3) is 6.08 Å². The van der Waals surface area contributed by atoms with Crippen molar-refractivity contribution in [1.29, 1.82) is 0 Å². The molecular weight excluding hydrogens is 548 g/mol. The maximum absolute atomic E-state index is 13.6. The van der Waals surface area contributed by atoms with Crippen LogP contribution < -0.4 is 19.6 Å². The number of carbonyl (C=O) groups is 2. The van der Waals surface area contributed by atoms with Gasteiger partial charge in [0.1, 0.15) is 5.75 Å². The highest BCUT2D eigenvalue weighted by atomic mass is 79.9. The van der Waals surface area contributed by atoms with Crippen molar-refractivity contribution < 1.29 is 24.2 Å². The molecule has 0 bridgehead atoms. The Kier molecular flexibility index (Phi) is 7.56. The highest BCUT2D eigenvalue weighted by Gasteiger charge is 2.33. The number of aromatic nitrogens is 1. The van der Waals surface area contributed by atoms with E-state index in [1.54, 1.807) is 51.1 Å². The molecule has 0 spiro atoms. The summed E-state index contributed by atoms with van der Waals surface area (Å²) >= 11 is 4.67. The molecular formula is C26H23BrN2O6S. The zero-order valence-electron chi connectivity index (χ0n) is 19.7. The molecule has 36 heavy (non-hydrogen) atoms. The van der Waals surface area contributed by atoms with E-state index in [0.717, 1.165) is 15.6 Å². The summed E-state index contributed by atoms with van der Waals surface area (Å²) in [7, 11) is 0. The van der Waals surface area contributed by atoms with Crippen LogP contribution in [0, 0.1) is 0 Å². The Balaban J connectivity index is 1.81. The first-order chi connectivity index (χ1) is 17.1. The quantitative estimate of drug-likeness (QED) is 0.436. The summed E-state index contributed by atoms with van der Waals surface area (Å²) in [4.78, 5) is 42.5. The van der Waals surface area contributed by atoms with Gasteiger partial charge in [0, 0.05) is 4.47 Å². The number of esters is 1. The Labute approximate surface area is 219 Å². The molecule has 1 aliphatic heterocycles. The molecule has 1 unspecified atom stereocenters. The molecule has 2 aromatic carbocycles. The molecule has 1 aliphatic rings. The summed E-state index contributed by atoms with van der Waals surface area (Å²) in [6.45, 7) is 4.86. The van der Waals surface area contributed by atoms with Gasteiger partial charge in [0.25, 0.3) is 5.56 Å². The number of carboxylic acids is 1. The predicted molar refractivity (Wildman–Crippen MR) is 139 cm³/mol. The second-order valence-electron chi connectivity index (χ2n) is 8.34. The fraction of sp³-hybridized carbons (Fsp3) is 0.231. The van der Waals surface area contributed by atoms with Crippen molar-refractivity contribution in [2.45, 2.75) is 32.9 Å². The maximum Gasteiger partial charge on any atom is 0.341 e. The summed E-state index contributed by atoms with van der Waals surface area (Å²) in [5.74, 6) is -1.16. The Morgan fingerprint density at radius 2 is 1.83 bits per heavy atom. The largest absolute Gasteiger partial charge is 0.482 e. The van der Waals surface area contributed by atoms with Gasteiger partial charge in [0.15, 0.2) is 11.4 Å². The number of carbonyl (C=O) groups excluding carboxylic acids is 1. The van der Waals surface area contributed by atoms with Crippen LogP contribution in [0.1, 0.15) is 37.9 Å². The van der Waals surface area contributed by atoms with Crippen LogP contribution >= 0.6 is 27.3 Å². The van der Waals surface area contributed by atoms with Gasteiger partial charge in [-0.15, -0.1) is 0 Å². The number of carboxylic acid groups (broad SMARTS) is 1. The topological polar surface area (TPSA) is 107 Å². The van der Waals surface area contributed by atoms with Crippen molar-refractivity contribution >= 4 is 45.3 Å². The molecule has 186 valence electrons. The predicted octanol–water partition coefficient (Wildman–Crippen LogP) is 3.41. The zero-order valence-corrected chi connectivity index (χ0v) is 22.1. The fourth-order valence-corrected chi connectivity index (χ4v) is 5.09. The summed E-state index contributed by atoms with van der Waals surface area (Å²) < 4.78 is 13.5. The summed E-state index contributed by atoms with van der Waals surface area (Å²) in [5, 5.41) is 8.76. The number of ether oxygens (including phenoxy) is 2. The highest BCUT2D eigenvalue weighted by molar-refractivity contribution is 9.10. The van der Waals surface area contributed by atoms with Gasteiger partial charge in [0.05, 0.1) is 27.9 Å². The van der Waals surface area contributed by atoms with Gasteiger partial charge in [-0.2, -0.15) is 0 Å². The average Bonchev–Trinajstić information content (AvgIpc) is 3.12. The van der Waals surface area contributed by atoms with E-state index in [1.807, 2.05) is 24.3 Å². The summed E-state index contributed by atoms with van der Waals surface area (Å²) in [5.41, 5.74) is 2.04. The first-order valence-corrected chi connectivity index (χ1v) is 12.7. The van der Waals surface area contributed by atoms with Crippen LogP contribution in [0.2, 0.25) is 0 Å². The smallest absolute Gasteiger partial charge is 0.341 e. The number of rotatable bonds is 7. The van der Waals surface area contributed by atoms with Gasteiger partial charge < -0.3 is 14.6 Å². The number of aliphatic carboxylic acids is 1. The van der Waals surface area contributed by atoms with Crippen LogP contribution in [-0.2, 0) is 14.3 Å². The normalized spacial score (nSPS) is 15.5. The molecule has 10 heteroatoms. The number of halogens is 1. The molecule has 1 N–H and O–H groups in total. The number of allylic oxidation sites excluding steroid dienone is 1. The zero-order chi connectivity index (χ0) is 26.0. The van der Waals surface area contributed by atoms with Crippen LogP contribution in [0.4, 0.5) is 0 Å². The molecule has 0 amide bonds. The van der Waals surface area contributed by atoms with E-state index in [-0.39, 0.29) is 11.7 Å². The minimum Gasteiger partial charge on any atom is -0.482 e. The third kappa shape index (κ3) is 5.50. The van der Waals surface area contributed by atoms with Crippen LogP contribution in [0.15, 0.2) is 74.1 Å². The number of hydrogen-bond acceptors (Lipinski definition) is 7. The van der Waals surface area contributed by atoms with Crippen LogP contribution in [-0.4, -0.2) is 34.3 Å². The van der Waals surface area contributed by atoms with E-state index in [1.165, 1.54) is 15.9 Å². The molecule has 0 aliphatic carbocycles. The van der Waals surface area contributed by atoms with Crippen molar-refractivity contribution in [2.75, 3.05) is 6.61 Å². The van der Waals surface area contributed by atoms with E-state index in [9.17, 15) is 14.4 Å². The second-order valence-corrected chi connectivity index (χ2v) is 10.3. The van der Waals surface area contributed by atoms with Crippen molar-refractivity contribution in [3.05, 3.63) is 95.1 Å². The van der Waals surface area contributed by atoms with Crippen molar-refractivity contribution in [1.82, 2.24) is 4.57 Å². The molecule has 8 nitrogen and oxygen atoms in total. The van der Waals surface area contributed by atoms with Gasteiger partial charge in [-0.05, 0) is 62.2 Å². The Morgan fingerprint density at radius 3 is 2.44 bits per heavy atom. The van der Waals surface area contributed by atoms with Crippen molar-refractivity contribution in [3.63, 3.8) is 0 Å². The SMILES string of the molecule is CC1=C(C(=O)OC(C)C)C(c2ccc(Br)cc2)n2c(s/c(=C\c3ccc(OCC(=O)O)cc3)c2=O)=N1. The first kappa shape index (κ1) is 25.6. The summed E-state index contributed by atoms with van der Waals surface area (Å²) in [6, 6.07) is 13.5. The van der Waals surface area contributed by atoms with Gasteiger partial charge in [0.2, 0.25) is 0 Å². The molecule has 2 heterocycles. The molecule has 1 aromatic heterocycles. The Morgan fingerprint density at radius 1 is 1.17 bits per heavy atom.